The van der Waals surface area contributed by atoms with Gasteiger partial charge < -0.3 is 34.6 Å². The van der Waals surface area contributed by atoms with Crippen LogP contribution in [0.3, 0.4) is 0 Å². The highest BCUT2D eigenvalue weighted by Crippen LogP contribution is 2.67. The minimum atomic E-state index is -5.81. The fourth-order valence-electron chi connectivity index (χ4n) is 4.88. The third-order valence-corrected chi connectivity index (χ3v) is 13.1. The van der Waals surface area contributed by atoms with E-state index in [0.29, 0.717) is 17.0 Å². The van der Waals surface area contributed by atoms with Gasteiger partial charge in [0.25, 0.3) is 0 Å². The summed E-state index contributed by atoms with van der Waals surface area (Å²) in [4.78, 5) is 56.5. The van der Waals surface area contributed by atoms with Crippen LogP contribution in [0.5, 0.6) is 5.75 Å². The summed E-state index contributed by atoms with van der Waals surface area (Å²) in [5, 5.41) is 2.01. The molecule has 3 heterocycles. The van der Waals surface area contributed by atoms with Crippen LogP contribution in [0, 0.1) is 0 Å². The van der Waals surface area contributed by atoms with Gasteiger partial charge in [0.15, 0.2) is 16.6 Å². The first-order chi connectivity index (χ1) is 25.3. The standard InChI is InChI=1S/C28H32F3N6O13P3S/c1-3-11-54-26-35-24(32)23-25(36-26)37(15-33-23)22-13-20(48-27(38)34-17-6-4-5-16(12-17)28(29,30)31)21(47-22)14-46-52(41,42)50-53(43,44)49-51(39,40)19-9-7-18(45-2)8-10-19/h4-10,12,15,20-22H,3,11,13-14H2,1-2H3,(H,34,38)(H,39,40)(H,41,42)(H,43,44)(H2,32,35,36)/t20?,21-,22-/m1/s1. The van der Waals surface area contributed by atoms with Crippen LogP contribution in [0.4, 0.5) is 29.5 Å². The minimum absolute atomic E-state index is 0.0527. The van der Waals surface area contributed by atoms with Crippen LogP contribution in [0.2, 0.25) is 0 Å². The van der Waals surface area contributed by atoms with Crippen LogP contribution in [0.25, 0.3) is 11.2 Å². The molecule has 54 heavy (non-hydrogen) atoms. The number of fused-ring (bicyclic) bond motifs is 1. The molecule has 19 nitrogen and oxygen atoms in total. The Hall–Kier alpha value is -3.59. The molecule has 1 aliphatic rings. The van der Waals surface area contributed by atoms with E-state index >= 15 is 0 Å². The Morgan fingerprint density at radius 1 is 1.09 bits per heavy atom. The van der Waals surface area contributed by atoms with Crippen molar-refractivity contribution in [2.45, 2.75) is 49.5 Å². The number of phosphoric acid groups is 2. The number of thioether (sulfide) groups is 1. The molecule has 6 atom stereocenters. The van der Waals surface area contributed by atoms with E-state index in [4.69, 9.17) is 24.5 Å². The number of rotatable bonds is 15. The summed E-state index contributed by atoms with van der Waals surface area (Å²) in [6, 6.07) is 8.27. The minimum Gasteiger partial charge on any atom is -0.497 e. The zero-order valence-corrected chi connectivity index (χ0v) is 31.4. The van der Waals surface area contributed by atoms with E-state index in [1.54, 1.807) is 0 Å². The number of phosphoric ester groups is 1. The van der Waals surface area contributed by atoms with E-state index in [1.165, 1.54) is 48.0 Å². The number of amides is 1. The summed E-state index contributed by atoms with van der Waals surface area (Å²) in [6.45, 7) is 0.968. The van der Waals surface area contributed by atoms with E-state index < -0.39 is 71.4 Å². The molecule has 1 aliphatic heterocycles. The predicted octanol–water partition coefficient (Wildman–Crippen LogP) is 5.60. The molecule has 5 rings (SSSR count). The summed E-state index contributed by atoms with van der Waals surface area (Å²) in [7, 11) is -15.2. The molecule has 2 aromatic heterocycles. The molecule has 6 N–H and O–H groups in total. The lowest BCUT2D eigenvalue weighted by Gasteiger charge is -2.22. The molecule has 294 valence electrons. The number of imidazole rings is 1. The summed E-state index contributed by atoms with van der Waals surface area (Å²) >= 11 is 1.32. The molecule has 0 aliphatic carbocycles. The van der Waals surface area contributed by atoms with Crippen LogP contribution >= 0.6 is 35.0 Å². The number of nitrogens with one attached hydrogen (secondary N) is 1. The van der Waals surface area contributed by atoms with Crippen molar-refractivity contribution < 1.29 is 73.7 Å². The lowest BCUT2D eigenvalue weighted by atomic mass is 10.2. The van der Waals surface area contributed by atoms with E-state index in [2.05, 4.69) is 28.9 Å². The first-order valence-electron chi connectivity index (χ1n) is 15.4. The maximum Gasteiger partial charge on any atom is 0.488 e. The largest absolute Gasteiger partial charge is 0.497 e. The Kier molecular flexibility index (Phi) is 12.8. The average molecular weight is 843 g/mol. The van der Waals surface area contributed by atoms with Crippen LogP contribution < -0.4 is 21.1 Å². The molecule has 0 bridgehead atoms. The van der Waals surface area contributed by atoms with E-state index in [0.717, 1.165) is 30.7 Å². The van der Waals surface area contributed by atoms with Crippen LogP contribution in [-0.2, 0) is 42.5 Å². The van der Waals surface area contributed by atoms with E-state index in [-0.39, 0.29) is 34.8 Å². The van der Waals surface area contributed by atoms with Gasteiger partial charge in [0.1, 0.15) is 29.7 Å². The Morgan fingerprint density at radius 2 is 1.81 bits per heavy atom. The van der Waals surface area contributed by atoms with Crippen LogP contribution in [-0.4, -0.2) is 72.0 Å². The van der Waals surface area contributed by atoms with Crippen molar-refractivity contribution in [3.05, 3.63) is 60.4 Å². The molecule has 26 heteroatoms. The fourth-order valence-corrected chi connectivity index (χ4v) is 9.56. The number of hydrogen-bond donors (Lipinski definition) is 5. The Morgan fingerprint density at radius 3 is 2.48 bits per heavy atom. The third-order valence-electron chi connectivity index (χ3n) is 7.27. The maximum atomic E-state index is 13.2. The van der Waals surface area contributed by atoms with E-state index in [1.807, 2.05) is 6.92 Å². The molecule has 0 spiro atoms. The molecule has 1 fully saturated rings. The molecule has 4 aromatic rings. The van der Waals surface area contributed by atoms with Crippen molar-refractivity contribution in [1.29, 1.82) is 0 Å². The number of carbonyl (C=O) groups is 1. The van der Waals surface area contributed by atoms with Gasteiger partial charge >= 0.3 is 35.5 Å². The molecule has 4 unspecified atom stereocenters. The number of alkyl halides is 3. The smallest absolute Gasteiger partial charge is 0.488 e. The summed E-state index contributed by atoms with van der Waals surface area (Å²) in [5.74, 6) is 0.996. The van der Waals surface area contributed by atoms with Gasteiger partial charge in [-0.25, -0.2) is 33.2 Å². The van der Waals surface area contributed by atoms with Gasteiger partial charge in [0.2, 0.25) is 0 Å². The molecular weight excluding hydrogens is 810 g/mol. The second kappa shape index (κ2) is 16.6. The Labute approximate surface area is 308 Å². The van der Waals surface area contributed by atoms with Gasteiger partial charge in [-0.15, -0.1) is 0 Å². The lowest BCUT2D eigenvalue weighted by Crippen LogP contribution is -2.32. The van der Waals surface area contributed by atoms with Crippen molar-refractivity contribution in [1.82, 2.24) is 19.5 Å². The molecule has 0 saturated carbocycles. The first kappa shape index (κ1) is 41.6. The zero-order chi connectivity index (χ0) is 39.5. The highest BCUT2D eigenvalue weighted by molar-refractivity contribution is 7.99. The lowest BCUT2D eigenvalue weighted by molar-refractivity contribution is -0.137. The molecule has 1 amide bonds. The van der Waals surface area contributed by atoms with E-state index in [9.17, 15) is 46.3 Å². The Bertz CT molecular complexity index is 2130. The van der Waals surface area contributed by atoms with Gasteiger partial charge in [0, 0.05) is 17.9 Å². The molecule has 1 saturated heterocycles. The average Bonchev–Trinajstić information content (AvgIpc) is 3.69. The molecule has 0 radical (unpaired) electrons. The topological polar surface area (TPSA) is 266 Å². The maximum absolute atomic E-state index is 13.2. The number of anilines is 2. The van der Waals surface area contributed by atoms with Crippen LogP contribution in [0.15, 0.2) is 60.0 Å². The summed E-state index contributed by atoms with van der Waals surface area (Å²) in [5.41, 5.74) is 5.17. The number of methoxy groups -OCH3 is 1. The number of nitrogen functional groups attached to an aromatic ring is 1. The second-order valence-corrected chi connectivity index (χ2v) is 17.2. The highest BCUT2D eigenvalue weighted by atomic mass is 32.2. The highest BCUT2D eigenvalue weighted by Gasteiger charge is 2.45. The number of nitrogens with two attached hydrogens (primary N) is 1. The van der Waals surface area contributed by atoms with Gasteiger partial charge in [-0.2, -0.15) is 17.5 Å². The fraction of sp³-hybridized carbons (Fsp3) is 0.357. The molecular formula is C28H32F3N6O13P3S. The van der Waals surface area contributed by atoms with Crippen molar-refractivity contribution in [3.8, 4) is 5.75 Å². The van der Waals surface area contributed by atoms with Crippen molar-refractivity contribution in [3.63, 3.8) is 0 Å². The quantitative estimate of drug-likeness (QED) is 0.0553. The summed E-state index contributed by atoms with van der Waals surface area (Å²) < 4.78 is 109. The number of carbonyl (C=O) groups excluding carboxylic acids is 1. The number of aromatic nitrogens is 4. The summed E-state index contributed by atoms with van der Waals surface area (Å²) in [6.07, 6.45) is -7.97. The first-order valence-corrected chi connectivity index (χ1v) is 21.0. The second-order valence-electron chi connectivity index (χ2n) is 11.2. The monoisotopic (exact) mass is 842 g/mol. The Balaban J connectivity index is 1.34. The number of benzene rings is 2. The SMILES string of the molecule is CCCSc1nc(N)c2ncn([C@H]3CC(OC(=O)Nc4cccc(C(F)(F)F)c4)[C@@H](COP(=O)(O)OP(=O)(O)OP(=O)(O)c4ccc(OC)cc4)O3)c2n1. The number of ether oxygens (including phenoxy) is 3. The number of hydrogen-bond acceptors (Lipinski definition) is 15. The number of nitrogens with zero attached hydrogens (tertiary/aromatic N) is 4. The van der Waals surface area contributed by atoms with Gasteiger partial charge in [0.05, 0.1) is 30.9 Å². The van der Waals surface area contributed by atoms with Gasteiger partial charge in [-0.05, 0) is 48.9 Å². The van der Waals surface area contributed by atoms with Gasteiger partial charge in [-0.1, -0.05) is 24.8 Å². The molecule has 2 aromatic carbocycles. The predicted molar refractivity (Wildman–Crippen MR) is 185 cm³/mol. The van der Waals surface area contributed by atoms with Crippen LogP contribution in [0.1, 0.15) is 31.6 Å². The normalized spacial score (nSPS) is 20.9. The van der Waals surface area contributed by atoms with Crippen molar-refractivity contribution >= 4 is 69.1 Å². The van der Waals surface area contributed by atoms with Crippen molar-refractivity contribution in [2.75, 3.05) is 30.5 Å². The number of halogens is 3. The zero-order valence-electron chi connectivity index (χ0n) is 27.9. The third kappa shape index (κ3) is 10.6. The van der Waals surface area contributed by atoms with Gasteiger partial charge in [-0.3, -0.25) is 19.0 Å². The van der Waals surface area contributed by atoms with Crippen molar-refractivity contribution in [2.24, 2.45) is 0 Å².